The number of rotatable bonds is 6. The van der Waals surface area contributed by atoms with Crippen LogP contribution in [-0.2, 0) is 11.2 Å². The van der Waals surface area contributed by atoms with Crippen molar-refractivity contribution in [2.24, 2.45) is 5.92 Å². The Kier molecular flexibility index (Phi) is 5.22. The average Bonchev–Trinajstić information content (AvgIpc) is 2.99. The van der Waals surface area contributed by atoms with E-state index in [0.717, 1.165) is 37.3 Å². The lowest BCUT2D eigenvalue weighted by molar-refractivity contribution is -0.121. The number of carbonyl (C=O) groups is 1. The van der Waals surface area contributed by atoms with Crippen LogP contribution >= 0.6 is 11.6 Å². The fraction of sp³-hybridized carbons (Fsp3) is 0.692. The average molecular weight is 286 g/mol. The molecule has 1 aromatic heterocycles. The molecule has 0 bridgehead atoms. The fourth-order valence-corrected chi connectivity index (χ4v) is 2.61. The van der Waals surface area contributed by atoms with Gasteiger partial charge in [0.05, 0.1) is 5.69 Å². The van der Waals surface area contributed by atoms with Crippen LogP contribution in [0.2, 0.25) is 5.22 Å². The van der Waals surface area contributed by atoms with Gasteiger partial charge in [-0.1, -0.05) is 5.16 Å². The summed E-state index contributed by atoms with van der Waals surface area (Å²) >= 11 is 5.85. The van der Waals surface area contributed by atoms with E-state index in [1.54, 1.807) is 0 Å². The second-order valence-corrected chi connectivity index (χ2v) is 5.36. The zero-order valence-electron chi connectivity index (χ0n) is 11.2. The molecule has 0 saturated carbocycles. The van der Waals surface area contributed by atoms with Crippen molar-refractivity contribution in [3.63, 3.8) is 0 Å². The molecular weight excluding hydrogens is 266 g/mol. The summed E-state index contributed by atoms with van der Waals surface area (Å²) in [5.41, 5.74) is 1.59. The minimum Gasteiger partial charge on any atom is -0.356 e. The SMILES string of the molecule is Cc1noc(Cl)c1CCC(=O)NCCC1CCNC1. The highest BCUT2D eigenvalue weighted by atomic mass is 35.5. The predicted molar refractivity (Wildman–Crippen MR) is 73.2 cm³/mol. The number of aromatic nitrogens is 1. The Morgan fingerprint density at radius 1 is 1.63 bits per heavy atom. The van der Waals surface area contributed by atoms with E-state index in [0.29, 0.717) is 24.0 Å². The van der Waals surface area contributed by atoms with E-state index in [-0.39, 0.29) is 5.91 Å². The van der Waals surface area contributed by atoms with Crippen LogP contribution in [-0.4, -0.2) is 30.7 Å². The molecule has 1 fully saturated rings. The molecule has 106 valence electrons. The number of nitrogens with zero attached hydrogens (tertiary/aromatic N) is 1. The van der Waals surface area contributed by atoms with E-state index >= 15 is 0 Å². The van der Waals surface area contributed by atoms with Crippen LogP contribution in [0, 0.1) is 12.8 Å². The van der Waals surface area contributed by atoms with Gasteiger partial charge in [-0.3, -0.25) is 4.79 Å². The van der Waals surface area contributed by atoms with Gasteiger partial charge in [0.25, 0.3) is 0 Å². The van der Waals surface area contributed by atoms with Crippen LogP contribution in [0.15, 0.2) is 4.52 Å². The largest absolute Gasteiger partial charge is 0.356 e. The van der Waals surface area contributed by atoms with Crippen molar-refractivity contribution in [2.45, 2.75) is 32.6 Å². The van der Waals surface area contributed by atoms with Gasteiger partial charge in [-0.25, -0.2) is 0 Å². The molecule has 0 aromatic carbocycles. The number of hydrogen-bond acceptors (Lipinski definition) is 4. The highest BCUT2D eigenvalue weighted by molar-refractivity contribution is 6.29. The van der Waals surface area contributed by atoms with Crippen molar-refractivity contribution in [3.05, 3.63) is 16.5 Å². The zero-order valence-corrected chi connectivity index (χ0v) is 11.9. The molecule has 1 atom stereocenters. The van der Waals surface area contributed by atoms with Gasteiger partial charge < -0.3 is 15.2 Å². The van der Waals surface area contributed by atoms with Gasteiger partial charge in [0.2, 0.25) is 11.1 Å². The summed E-state index contributed by atoms with van der Waals surface area (Å²) in [6.07, 6.45) is 3.26. The summed E-state index contributed by atoms with van der Waals surface area (Å²) in [5.74, 6) is 0.762. The number of carbonyl (C=O) groups excluding carboxylic acids is 1. The smallest absolute Gasteiger partial charge is 0.229 e. The van der Waals surface area contributed by atoms with Gasteiger partial charge in [-0.05, 0) is 56.8 Å². The van der Waals surface area contributed by atoms with Crippen LogP contribution in [0.5, 0.6) is 0 Å². The van der Waals surface area contributed by atoms with Crippen LogP contribution in [0.1, 0.15) is 30.5 Å². The van der Waals surface area contributed by atoms with Crippen molar-refractivity contribution < 1.29 is 9.32 Å². The number of amides is 1. The fourth-order valence-electron chi connectivity index (χ4n) is 2.34. The Balaban J connectivity index is 1.64. The molecule has 1 aliphatic rings. The number of nitrogens with one attached hydrogen (secondary N) is 2. The van der Waals surface area contributed by atoms with E-state index in [4.69, 9.17) is 16.1 Å². The highest BCUT2D eigenvalue weighted by Crippen LogP contribution is 2.20. The third kappa shape index (κ3) is 4.21. The Morgan fingerprint density at radius 2 is 2.47 bits per heavy atom. The number of halogens is 1. The minimum absolute atomic E-state index is 0.0580. The Hall–Kier alpha value is -1.07. The van der Waals surface area contributed by atoms with Crippen molar-refractivity contribution in [2.75, 3.05) is 19.6 Å². The van der Waals surface area contributed by atoms with E-state index in [9.17, 15) is 4.79 Å². The maximum atomic E-state index is 11.7. The monoisotopic (exact) mass is 285 g/mol. The standard InChI is InChI=1S/C13H20ClN3O2/c1-9-11(13(14)19-17-9)2-3-12(18)16-7-5-10-4-6-15-8-10/h10,15H,2-8H2,1H3,(H,16,18). The first kappa shape index (κ1) is 14.3. The molecule has 19 heavy (non-hydrogen) atoms. The topological polar surface area (TPSA) is 67.2 Å². The third-order valence-corrected chi connectivity index (χ3v) is 3.87. The predicted octanol–water partition coefficient (Wildman–Crippen LogP) is 1.68. The molecule has 1 aliphatic heterocycles. The van der Waals surface area contributed by atoms with Gasteiger partial charge >= 0.3 is 0 Å². The van der Waals surface area contributed by atoms with E-state index in [1.807, 2.05) is 6.92 Å². The van der Waals surface area contributed by atoms with Crippen LogP contribution in [0.3, 0.4) is 0 Å². The first-order valence-electron chi connectivity index (χ1n) is 6.75. The molecule has 1 saturated heterocycles. The molecule has 6 heteroatoms. The lowest BCUT2D eigenvalue weighted by atomic mass is 10.1. The first-order chi connectivity index (χ1) is 9.16. The van der Waals surface area contributed by atoms with Crippen LogP contribution in [0.25, 0.3) is 0 Å². The number of aryl methyl sites for hydroxylation is 1. The quantitative estimate of drug-likeness (QED) is 0.835. The van der Waals surface area contributed by atoms with Gasteiger partial charge in [-0.2, -0.15) is 0 Å². The van der Waals surface area contributed by atoms with Gasteiger partial charge in [-0.15, -0.1) is 0 Å². The lowest BCUT2D eigenvalue weighted by Gasteiger charge is -2.09. The summed E-state index contributed by atoms with van der Waals surface area (Å²) < 4.78 is 4.85. The summed E-state index contributed by atoms with van der Waals surface area (Å²) in [4.78, 5) is 11.7. The van der Waals surface area contributed by atoms with Crippen molar-refractivity contribution in [3.8, 4) is 0 Å². The first-order valence-corrected chi connectivity index (χ1v) is 7.12. The van der Waals surface area contributed by atoms with E-state index < -0.39 is 0 Å². The molecule has 0 aliphatic carbocycles. The molecule has 2 N–H and O–H groups in total. The molecule has 0 spiro atoms. The van der Waals surface area contributed by atoms with Crippen LogP contribution in [0.4, 0.5) is 0 Å². The molecule has 1 unspecified atom stereocenters. The summed E-state index contributed by atoms with van der Waals surface area (Å²) in [5, 5.41) is 10.3. The molecule has 5 nitrogen and oxygen atoms in total. The Morgan fingerprint density at radius 3 is 3.11 bits per heavy atom. The van der Waals surface area contributed by atoms with Crippen molar-refractivity contribution in [1.82, 2.24) is 15.8 Å². The van der Waals surface area contributed by atoms with E-state index in [1.165, 1.54) is 6.42 Å². The zero-order chi connectivity index (χ0) is 13.7. The van der Waals surface area contributed by atoms with Gasteiger partial charge in [0.1, 0.15) is 0 Å². The maximum Gasteiger partial charge on any atom is 0.229 e. The van der Waals surface area contributed by atoms with Gasteiger partial charge in [0, 0.05) is 18.5 Å². The normalized spacial score (nSPS) is 18.7. The second-order valence-electron chi connectivity index (χ2n) is 5.02. The van der Waals surface area contributed by atoms with Crippen LogP contribution < -0.4 is 10.6 Å². The summed E-state index contributed by atoms with van der Waals surface area (Å²) in [6.45, 7) is 4.76. The second kappa shape index (κ2) is 6.91. The molecule has 2 rings (SSSR count). The summed E-state index contributed by atoms with van der Waals surface area (Å²) in [6, 6.07) is 0. The number of hydrogen-bond donors (Lipinski definition) is 2. The minimum atomic E-state index is 0.0580. The lowest BCUT2D eigenvalue weighted by Crippen LogP contribution is -2.26. The highest BCUT2D eigenvalue weighted by Gasteiger charge is 2.15. The molecule has 1 aromatic rings. The van der Waals surface area contributed by atoms with E-state index in [2.05, 4.69) is 15.8 Å². The Labute approximate surface area is 118 Å². The molecule has 0 radical (unpaired) electrons. The Bertz CT molecular complexity index is 408. The summed E-state index contributed by atoms with van der Waals surface area (Å²) in [7, 11) is 0. The van der Waals surface area contributed by atoms with Crippen molar-refractivity contribution in [1.29, 1.82) is 0 Å². The van der Waals surface area contributed by atoms with Crippen molar-refractivity contribution >= 4 is 17.5 Å². The maximum absolute atomic E-state index is 11.7. The van der Waals surface area contributed by atoms with Gasteiger partial charge in [0.15, 0.2) is 0 Å². The molecule has 1 amide bonds. The molecule has 2 heterocycles. The third-order valence-electron chi connectivity index (χ3n) is 3.58. The molecular formula is C13H20ClN3O2.